The van der Waals surface area contributed by atoms with E-state index in [0.29, 0.717) is 18.8 Å². The molecule has 0 N–H and O–H groups in total. The summed E-state index contributed by atoms with van der Waals surface area (Å²) in [5.41, 5.74) is 0.777. The first-order chi connectivity index (χ1) is 11.2. The minimum Gasteiger partial charge on any atom is -0.459 e. The Bertz CT molecular complexity index is 634. The molecule has 1 aliphatic heterocycles. The normalized spacial score (nSPS) is 15.8. The molecule has 1 amide bonds. The van der Waals surface area contributed by atoms with Crippen LogP contribution in [0.25, 0.3) is 0 Å². The van der Waals surface area contributed by atoms with Crippen LogP contribution in [0.3, 0.4) is 0 Å². The molecule has 1 aliphatic rings. The molecule has 0 saturated carbocycles. The van der Waals surface area contributed by atoms with E-state index in [1.807, 2.05) is 17.0 Å². The third-order valence-electron chi connectivity index (χ3n) is 4.27. The van der Waals surface area contributed by atoms with Crippen molar-refractivity contribution < 1.29 is 13.6 Å². The molecular formula is C18H21FN2O2. The highest BCUT2D eigenvalue weighted by atomic mass is 19.1. The number of rotatable bonds is 5. The summed E-state index contributed by atoms with van der Waals surface area (Å²) >= 11 is 0. The lowest BCUT2D eigenvalue weighted by Gasteiger charge is -2.34. The summed E-state index contributed by atoms with van der Waals surface area (Å²) in [6, 6.07) is 10.4. The van der Waals surface area contributed by atoms with Crippen LogP contribution in [0.4, 0.5) is 4.39 Å². The standard InChI is InChI=1S/C18H21FN2O2/c19-16-7-2-1-5-15(16)6-3-9-20-10-12-21(13-11-20)18(22)17-8-4-14-23-17/h1-2,4-5,7-8,14H,3,6,9-13H2. The summed E-state index contributed by atoms with van der Waals surface area (Å²) in [6.07, 6.45) is 3.19. The number of aryl methyl sites for hydroxylation is 1. The van der Waals surface area contributed by atoms with Crippen LogP contribution in [0.2, 0.25) is 0 Å². The second-order valence-corrected chi connectivity index (χ2v) is 5.81. The fourth-order valence-corrected chi connectivity index (χ4v) is 2.92. The van der Waals surface area contributed by atoms with Crippen LogP contribution < -0.4 is 0 Å². The third-order valence-corrected chi connectivity index (χ3v) is 4.27. The van der Waals surface area contributed by atoms with Crippen LogP contribution in [0.15, 0.2) is 47.1 Å². The predicted octanol–water partition coefficient (Wildman–Crippen LogP) is 2.81. The van der Waals surface area contributed by atoms with Gasteiger partial charge in [0, 0.05) is 26.2 Å². The highest BCUT2D eigenvalue weighted by molar-refractivity contribution is 5.91. The van der Waals surface area contributed by atoms with Crippen LogP contribution in [-0.4, -0.2) is 48.4 Å². The quantitative estimate of drug-likeness (QED) is 0.851. The van der Waals surface area contributed by atoms with Crippen molar-refractivity contribution in [3.63, 3.8) is 0 Å². The molecular weight excluding hydrogens is 295 g/mol. The molecule has 2 heterocycles. The number of halogens is 1. The van der Waals surface area contributed by atoms with Gasteiger partial charge in [-0.05, 0) is 43.1 Å². The Balaban J connectivity index is 1.41. The first-order valence-corrected chi connectivity index (χ1v) is 8.02. The third kappa shape index (κ3) is 3.99. The zero-order valence-corrected chi connectivity index (χ0v) is 13.1. The second-order valence-electron chi connectivity index (χ2n) is 5.81. The molecule has 0 atom stereocenters. The van der Waals surface area contributed by atoms with Crippen LogP contribution in [-0.2, 0) is 6.42 Å². The van der Waals surface area contributed by atoms with E-state index >= 15 is 0 Å². The number of hydrogen-bond acceptors (Lipinski definition) is 3. The number of carbonyl (C=O) groups excluding carboxylic acids is 1. The Morgan fingerprint density at radius 2 is 1.87 bits per heavy atom. The Morgan fingerprint density at radius 1 is 1.09 bits per heavy atom. The Morgan fingerprint density at radius 3 is 2.57 bits per heavy atom. The Hall–Kier alpha value is -2.14. The van der Waals surface area contributed by atoms with Crippen molar-refractivity contribution in [2.75, 3.05) is 32.7 Å². The molecule has 3 rings (SSSR count). The SMILES string of the molecule is O=C(c1ccco1)N1CCN(CCCc2ccccc2F)CC1. The molecule has 4 nitrogen and oxygen atoms in total. The van der Waals surface area contributed by atoms with E-state index in [1.54, 1.807) is 18.2 Å². The first kappa shape index (κ1) is 15.7. The lowest BCUT2D eigenvalue weighted by Crippen LogP contribution is -2.48. The number of benzene rings is 1. The minimum atomic E-state index is -0.124. The molecule has 0 radical (unpaired) electrons. The average Bonchev–Trinajstić information content (AvgIpc) is 3.11. The largest absolute Gasteiger partial charge is 0.459 e. The molecule has 0 bridgehead atoms. The molecule has 0 unspecified atom stereocenters. The molecule has 0 spiro atoms. The van der Waals surface area contributed by atoms with Crippen LogP contribution >= 0.6 is 0 Å². The summed E-state index contributed by atoms with van der Waals surface area (Å²) in [5, 5.41) is 0. The van der Waals surface area contributed by atoms with Crippen molar-refractivity contribution >= 4 is 5.91 Å². The minimum absolute atomic E-state index is 0.0407. The van der Waals surface area contributed by atoms with Crippen molar-refractivity contribution in [1.82, 2.24) is 9.80 Å². The van der Waals surface area contributed by atoms with Gasteiger partial charge in [0.05, 0.1) is 6.26 Å². The highest BCUT2D eigenvalue weighted by Gasteiger charge is 2.23. The lowest BCUT2D eigenvalue weighted by atomic mass is 10.1. The zero-order chi connectivity index (χ0) is 16.1. The van der Waals surface area contributed by atoms with Gasteiger partial charge in [-0.2, -0.15) is 0 Å². The maximum Gasteiger partial charge on any atom is 0.289 e. The van der Waals surface area contributed by atoms with Crippen molar-refractivity contribution in [3.8, 4) is 0 Å². The average molecular weight is 316 g/mol. The van der Waals surface area contributed by atoms with Crippen LogP contribution in [0, 0.1) is 5.82 Å². The summed E-state index contributed by atoms with van der Waals surface area (Å²) < 4.78 is 18.7. The monoisotopic (exact) mass is 316 g/mol. The first-order valence-electron chi connectivity index (χ1n) is 8.02. The van der Waals surface area contributed by atoms with E-state index in [2.05, 4.69) is 4.90 Å². The number of hydrogen-bond donors (Lipinski definition) is 0. The van der Waals surface area contributed by atoms with Crippen molar-refractivity contribution in [3.05, 3.63) is 59.8 Å². The Kier molecular flexibility index (Phi) is 5.08. The topological polar surface area (TPSA) is 36.7 Å². The fourth-order valence-electron chi connectivity index (χ4n) is 2.92. The number of furan rings is 1. The molecule has 1 aromatic heterocycles. The van der Waals surface area contributed by atoms with Gasteiger partial charge in [0.25, 0.3) is 5.91 Å². The second kappa shape index (κ2) is 7.42. The molecule has 1 aromatic carbocycles. The molecule has 5 heteroatoms. The van der Waals surface area contributed by atoms with Crippen LogP contribution in [0.1, 0.15) is 22.5 Å². The maximum absolute atomic E-state index is 13.6. The van der Waals surface area contributed by atoms with E-state index in [1.165, 1.54) is 12.3 Å². The van der Waals surface area contributed by atoms with Crippen LogP contribution in [0.5, 0.6) is 0 Å². The number of amides is 1. The van der Waals surface area contributed by atoms with E-state index < -0.39 is 0 Å². The maximum atomic E-state index is 13.6. The van der Waals surface area contributed by atoms with E-state index in [9.17, 15) is 9.18 Å². The zero-order valence-electron chi connectivity index (χ0n) is 13.1. The van der Waals surface area contributed by atoms with Gasteiger partial charge >= 0.3 is 0 Å². The van der Waals surface area contributed by atoms with E-state index in [4.69, 9.17) is 4.42 Å². The van der Waals surface area contributed by atoms with Crippen molar-refractivity contribution in [2.24, 2.45) is 0 Å². The molecule has 23 heavy (non-hydrogen) atoms. The van der Waals surface area contributed by atoms with Gasteiger partial charge in [-0.25, -0.2) is 4.39 Å². The molecule has 0 aliphatic carbocycles. The van der Waals surface area contributed by atoms with Crippen molar-refractivity contribution in [1.29, 1.82) is 0 Å². The van der Waals surface area contributed by atoms with Crippen molar-refractivity contribution in [2.45, 2.75) is 12.8 Å². The summed E-state index contributed by atoms with van der Waals surface area (Å²) in [6.45, 7) is 4.04. The summed E-state index contributed by atoms with van der Waals surface area (Å²) in [4.78, 5) is 16.3. The van der Waals surface area contributed by atoms with Gasteiger partial charge in [0.2, 0.25) is 0 Å². The van der Waals surface area contributed by atoms with E-state index in [0.717, 1.165) is 38.0 Å². The van der Waals surface area contributed by atoms with Gasteiger partial charge in [-0.1, -0.05) is 18.2 Å². The van der Waals surface area contributed by atoms with Gasteiger partial charge < -0.3 is 9.32 Å². The number of carbonyl (C=O) groups is 1. The highest BCUT2D eigenvalue weighted by Crippen LogP contribution is 2.12. The van der Waals surface area contributed by atoms with E-state index in [-0.39, 0.29) is 11.7 Å². The number of nitrogens with zero attached hydrogens (tertiary/aromatic N) is 2. The molecule has 122 valence electrons. The number of piperazine rings is 1. The van der Waals surface area contributed by atoms with Gasteiger partial charge in [-0.3, -0.25) is 9.69 Å². The summed E-state index contributed by atoms with van der Waals surface area (Å²) in [7, 11) is 0. The summed E-state index contributed by atoms with van der Waals surface area (Å²) in [5.74, 6) is 0.236. The molecule has 1 fully saturated rings. The fraction of sp³-hybridized carbons (Fsp3) is 0.389. The van der Waals surface area contributed by atoms with Gasteiger partial charge in [0.1, 0.15) is 5.82 Å². The van der Waals surface area contributed by atoms with Gasteiger partial charge in [-0.15, -0.1) is 0 Å². The van der Waals surface area contributed by atoms with Gasteiger partial charge in [0.15, 0.2) is 5.76 Å². The molecule has 2 aromatic rings. The lowest BCUT2D eigenvalue weighted by molar-refractivity contribution is 0.0605. The Labute approximate surface area is 135 Å². The predicted molar refractivity (Wildman–Crippen MR) is 85.8 cm³/mol. The molecule has 1 saturated heterocycles. The smallest absolute Gasteiger partial charge is 0.289 e.